The summed E-state index contributed by atoms with van der Waals surface area (Å²) in [5.74, 6) is 0.802. The van der Waals surface area contributed by atoms with Crippen LogP contribution >= 0.6 is 0 Å². The van der Waals surface area contributed by atoms with Gasteiger partial charge in [0.2, 0.25) is 9.84 Å². The van der Waals surface area contributed by atoms with Crippen LogP contribution in [0, 0.1) is 17.8 Å². The van der Waals surface area contributed by atoms with Crippen molar-refractivity contribution in [2.24, 2.45) is 16.6 Å². The van der Waals surface area contributed by atoms with Gasteiger partial charge < -0.3 is 11.1 Å². The first-order chi connectivity index (χ1) is 15.3. The Bertz CT molecular complexity index is 1140. The molecule has 0 spiro atoms. The monoisotopic (exact) mass is 449 g/mol. The Kier molecular flexibility index (Phi) is 8.93. The van der Waals surface area contributed by atoms with Gasteiger partial charge in [0.25, 0.3) is 0 Å². The summed E-state index contributed by atoms with van der Waals surface area (Å²) in [5, 5.41) is 9.48. The van der Waals surface area contributed by atoms with Gasteiger partial charge in [-0.15, -0.1) is 0 Å². The van der Waals surface area contributed by atoms with Gasteiger partial charge >= 0.3 is 0 Å². The van der Waals surface area contributed by atoms with E-state index in [9.17, 15) is 8.42 Å². The zero-order valence-corrected chi connectivity index (χ0v) is 19.0. The number of rotatable bonds is 7. The van der Waals surface area contributed by atoms with Crippen LogP contribution in [-0.2, 0) is 22.8 Å². The van der Waals surface area contributed by atoms with Gasteiger partial charge in [-0.3, -0.25) is 4.98 Å². The number of nitrogens with zero attached hydrogens (tertiary/aromatic N) is 3. The van der Waals surface area contributed by atoms with Crippen molar-refractivity contribution in [1.82, 2.24) is 4.98 Å². The molecule has 32 heavy (non-hydrogen) atoms. The molecule has 1 heterocycles. The van der Waals surface area contributed by atoms with Gasteiger partial charge in [-0.2, -0.15) is 0 Å². The molecule has 7 nitrogen and oxygen atoms in total. The lowest BCUT2D eigenvalue weighted by atomic mass is 10.0. The second kappa shape index (κ2) is 11.6. The highest BCUT2D eigenvalue weighted by Crippen LogP contribution is 2.22. The Hall–Kier alpha value is -3.70. The maximum absolute atomic E-state index is 12.9. The molecular formula is C24H27N5O2S. The third kappa shape index (κ3) is 6.93. The summed E-state index contributed by atoms with van der Waals surface area (Å²) in [5.41, 5.74) is 8.69. The number of hydrogen-bond acceptors (Lipinski definition) is 5. The topological polar surface area (TPSA) is 121 Å². The molecule has 0 aliphatic heterocycles. The number of nitrogens with two attached hydrogens (primary N) is 1. The Morgan fingerprint density at radius 2 is 1.47 bits per heavy atom. The van der Waals surface area contributed by atoms with Gasteiger partial charge in [-0.05, 0) is 59.9 Å². The summed E-state index contributed by atoms with van der Waals surface area (Å²) in [6, 6.07) is 17.4. The van der Waals surface area contributed by atoms with E-state index in [1.54, 1.807) is 60.9 Å². The summed E-state index contributed by atoms with van der Waals surface area (Å²) in [6.07, 6.45) is 4.24. The average Bonchev–Trinajstić information content (AvgIpc) is 2.80. The molecule has 0 saturated carbocycles. The number of sulfone groups is 1. The molecule has 0 saturated heterocycles. The van der Waals surface area contributed by atoms with E-state index in [0.29, 0.717) is 17.4 Å². The second-order valence-electron chi connectivity index (χ2n) is 7.45. The van der Waals surface area contributed by atoms with Gasteiger partial charge in [-0.25, -0.2) is 18.7 Å². The highest BCUT2D eigenvalue weighted by atomic mass is 32.2. The molecular weight excluding hydrogens is 422 g/mol. The van der Waals surface area contributed by atoms with E-state index in [2.05, 4.69) is 35.7 Å². The molecule has 3 aromatic rings. The minimum absolute atomic E-state index is 0.259. The van der Waals surface area contributed by atoms with Gasteiger partial charge in [0.1, 0.15) is 0 Å². The number of nitrogens with one attached hydrogen (secondary N) is 1. The molecule has 0 bridgehead atoms. The van der Waals surface area contributed by atoms with Crippen LogP contribution in [0.4, 0.5) is 5.69 Å². The summed E-state index contributed by atoms with van der Waals surface area (Å²) >= 11 is 0. The van der Waals surface area contributed by atoms with E-state index in [4.69, 9.17) is 11.0 Å². The molecule has 0 aliphatic carbocycles. The Labute approximate surface area is 189 Å². The number of anilines is 1. The third-order valence-electron chi connectivity index (χ3n) is 4.50. The van der Waals surface area contributed by atoms with Gasteiger partial charge in [-0.1, -0.05) is 38.1 Å². The lowest BCUT2D eigenvalue weighted by molar-refractivity contribution is 0.596. The smallest absolute Gasteiger partial charge is 0.206 e. The van der Waals surface area contributed by atoms with Gasteiger partial charge in [0.05, 0.1) is 16.3 Å². The van der Waals surface area contributed by atoms with Crippen molar-refractivity contribution >= 4 is 21.5 Å². The second-order valence-corrected chi connectivity index (χ2v) is 9.40. The van der Waals surface area contributed by atoms with Crippen LogP contribution < -0.4 is 11.1 Å². The molecule has 0 unspecified atom stereocenters. The normalized spacial score (nSPS) is 11.5. The Morgan fingerprint density at radius 3 is 1.97 bits per heavy atom. The van der Waals surface area contributed by atoms with Crippen LogP contribution in [0.15, 0.2) is 87.8 Å². The summed E-state index contributed by atoms with van der Waals surface area (Å²) in [6.45, 7) is 8.12. The van der Waals surface area contributed by atoms with Crippen molar-refractivity contribution in [1.29, 1.82) is 5.26 Å². The van der Waals surface area contributed by atoms with Gasteiger partial charge in [0, 0.05) is 24.7 Å². The summed E-state index contributed by atoms with van der Waals surface area (Å²) in [7, 11) is -3.55. The molecule has 166 valence electrons. The van der Waals surface area contributed by atoms with Crippen LogP contribution in [0.3, 0.4) is 0 Å². The van der Waals surface area contributed by atoms with E-state index >= 15 is 0 Å². The van der Waals surface area contributed by atoms with E-state index in [1.807, 2.05) is 12.1 Å². The van der Waals surface area contributed by atoms with Crippen molar-refractivity contribution in [3.63, 3.8) is 0 Å². The number of aromatic nitrogens is 1. The number of hydrogen-bond donors (Lipinski definition) is 2. The molecule has 8 heteroatoms. The SMILES string of the molecule is C#N.CC(C)Cc1ccc(S(=O)(=O)c2ccc(CN=C(N)Nc3ccncc3)cc2)cc1. The summed E-state index contributed by atoms with van der Waals surface area (Å²) < 4.78 is 25.8. The molecule has 2 aromatic carbocycles. The molecule has 3 rings (SSSR count). The number of nitriles is 1. The first-order valence-corrected chi connectivity index (χ1v) is 11.5. The van der Waals surface area contributed by atoms with Crippen LogP contribution in [0.2, 0.25) is 0 Å². The Balaban J connectivity index is 0.00000176. The predicted molar refractivity (Wildman–Crippen MR) is 127 cm³/mol. The van der Waals surface area contributed by atoms with Crippen molar-refractivity contribution in [3.8, 4) is 6.57 Å². The maximum Gasteiger partial charge on any atom is 0.206 e. The highest BCUT2D eigenvalue weighted by molar-refractivity contribution is 7.91. The molecule has 0 atom stereocenters. The van der Waals surface area contributed by atoms with Crippen molar-refractivity contribution in [2.75, 3.05) is 5.32 Å². The maximum atomic E-state index is 12.9. The van der Waals surface area contributed by atoms with Crippen LogP contribution in [-0.4, -0.2) is 19.4 Å². The largest absolute Gasteiger partial charge is 0.370 e. The molecule has 0 aliphatic rings. The fraction of sp³-hybridized carbons (Fsp3) is 0.208. The van der Waals surface area contributed by atoms with Crippen LogP contribution in [0.5, 0.6) is 0 Å². The minimum Gasteiger partial charge on any atom is -0.370 e. The zero-order valence-electron chi connectivity index (χ0n) is 18.1. The highest BCUT2D eigenvalue weighted by Gasteiger charge is 2.17. The standard InChI is InChI=1S/C23H26N4O2S.CHN/c1-17(2)15-18-3-7-21(8-4-18)30(28,29)22-9-5-19(6-10-22)16-26-23(24)27-20-11-13-25-14-12-20;1-2/h3-14,17H,15-16H2,1-2H3,(H3,24,25,26,27);1H. The molecule has 3 N–H and O–H groups in total. The first kappa shape index (κ1) is 24.6. The van der Waals surface area contributed by atoms with E-state index in [1.165, 1.54) is 0 Å². The first-order valence-electron chi connectivity index (χ1n) is 10.0. The average molecular weight is 450 g/mol. The zero-order chi connectivity index (χ0) is 23.6. The molecule has 0 amide bonds. The number of benzene rings is 2. The number of aliphatic imine (C=N–C) groups is 1. The van der Waals surface area contributed by atoms with E-state index in [-0.39, 0.29) is 10.9 Å². The fourth-order valence-corrected chi connectivity index (χ4v) is 4.25. The van der Waals surface area contributed by atoms with Crippen molar-refractivity contribution < 1.29 is 8.42 Å². The third-order valence-corrected chi connectivity index (χ3v) is 6.28. The molecule has 0 radical (unpaired) electrons. The quantitative estimate of drug-likeness (QED) is 0.412. The van der Waals surface area contributed by atoms with Crippen LogP contribution in [0.1, 0.15) is 25.0 Å². The van der Waals surface area contributed by atoms with Gasteiger partial charge in [0.15, 0.2) is 5.96 Å². The lowest BCUT2D eigenvalue weighted by Crippen LogP contribution is -2.22. The molecule has 0 fully saturated rings. The predicted octanol–water partition coefficient (Wildman–Crippen LogP) is 4.18. The van der Waals surface area contributed by atoms with E-state index in [0.717, 1.165) is 23.2 Å². The van der Waals surface area contributed by atoms with Crippen molar-refractivity contribution in [2.45, 2.75) is 36.6 Å². The molecule has 1 aromatic heterocycles. The number of guanidine groups is 1. The Morgan fingerprint density at radius 1 is 0.969 bits per heavy atom. The van der Waals surface area contributed by atoms with Crippen molar-refractivity contribution in [3.05, 3.63) is 84.2 Å². The fourth-order valence-electron chi connectivity index (χ4n) is 2.99. The number of pyridine rings is 1. The summed E-state index contributed by atoms with van der Waals surface area (Å²) in [4.78, 5) is 8.78. The minimum atomic E-state index is -3.55. The van der Waals surface area contributed by atoms with Crippen LogP contribution in [0.25, 0.3) is 0 Å². The lowest BCUT2D eigenvalue weighted by Gasteiger charge is -2.08. The van der Waals surface area contributed by atoms with E-state index < -0.39 is 9.84 Å².